The van der Waals surface area contributed by atoms with Gasteiger partial charge < -0.3 is 14.7 Å². The van der Waals surface area contributed by atoms with Crippen LogP contribution in [0.25, 0.3) is 0 Å². The summed E-state index contributed by atoms with van der Waals surface area (Å²) < 4.78 is 5.52. The van der Waals surface area contributed by atoms with E-state index in [1.54, 1.807) is 11.8 Å². The third-order valence-electron chi connectivity index (χ3n) is 4.31. The molecule has 0 aromatic heterocycles. The van der Waals surface area contributed by atoms with Gasteiger partial charge in [-0.05, 0) is 25.0 Å². The number of carbonyl (C=O) groups is 2. The average Bonchev–Trinajstić information content (AvgIpc) is 2.46. The molecule has 0 saturated carbocycles. The van der Waals surface area contributed by atoms with Gasteiger partial charge in [-0.3, -0.25) is 9.59 Å². The highest BCUT2D eigenvalue weighted by atomic mass is 16.5. The van der Waals surface area contributed by atoms with Gasteiger partial charge in [-0.25, -0.2) is 0 Å². The molecule has 1 aromatic carbocycles. The van der Waals surface area contributed by atoms with Gasteiger partial charge in [0.15, 0.2) is 0 Å². The van der Waals surface area contributed by atoms with Crippen LogP contribution in [0.4, 0.5) is 5.69 Å². The molecule has 0 saturated heterocycles. The van der Waals surface area contributed by atoms with Crippen molar-refractivity contribution in [2.75, 3.05) is 18.1 Å². The Bertz CT molecular complexity index is 555. The summed E-state index contributed by atoms with van der Waals surface area (Å²) >= 11 is 0. The second-order valence-electron chi connectivity index (χ2n) is 5.92. The molecule has 114 valence electrons. The summed E-state index contributed by atoms with van der Waals surface area (Å²) in [6.07, 6.45) is -0.0195. The van der Waals surface area contributed by atoms with Crippen LogP contribution in [-0.4, -0.2) is 30.1 Å². The zero-order valence-electron chi connectivity index (χ0n) is 12.6. The van der Waals surface area contributed by atoms with E-state index in [1.165, 1.54) is 0 Å². The van der Waals surface area contributed by atoms with E-state index in [2.05, 4.69) is 0 Å². The van der Waals surface area contributed by atoms with E-state index in [-0.39, 0.29) is 18.2 Å². The maximum absolute atomic E-state index is 12.6. The SMILES string of the molecule is CC(C)C(C)(CC(=O)N1CCOc2ccccc21)C(=O)O. The predicted molar refractivity (Wildman–Crippen MR) is 79.5 cm³/mol. The van der Waals surface area contributed by atoms with Crippen LogP contribution in [0.2, 0.25) is 0 Å². The maximum Gasteiger partial charge on any atom is 0.310 e. The number of nitrogens with zero attached hydrogens (tertiary/aromatic N) is 1. The summed E-state index contributed by atoms with van der Waals surface area (Å²) in [4.78, 5) is 25.8. The molecule has 5 heteroatoms. The Labute approximate surface area is 124 Å². The smallest absolute Gasteiger partial charge is 0.310 e. The van der Waals surface area contributed by atoms with Crippen molar-refractivity contribution in [3.8, 4) is 5.75 Å². The molecule has 0 radical (unpaired) electrons. The molecule has 1 aromatic rings. The van der Waals surface area contributed by atoms with Crippen molar-refractivity contribution in [1.29, 1.82) is 0 Å². The van der Waals surface area contributed by atoms with Gasteiger partial charge in [0.05, 0.1) is 17.6 Å². The van der Waals surface area contributed by atoms with Crippen molar-refractivity contribution >= 4 is 17.6 Å². The number of benzene rings is 1. The zero-order chi connectivity index (χ0) is 15.6. The van der Waals surface area contributed by atoms with Crippen LogP contribution in [0.1, 0.15) is 27.2 Å². The minimum atomic E-state index is -1.07. The summed E-state index contributed by atoms with van der Waals surface area (Å²) in [7, 11) is 0. The Morgan fingerprint density at radius 1 is 1.38 bits per heavy atom. The monoisotopic (exact) mass is 291 g/mol. The lowest BCUT2D eigenvalue weighted by molar-refractivity contribution is -0.153. The topological polar surface area (TPSA) is 66.8 Å². The second kappa shape index (κ2) is 5.76. The van der Waals surface area contributed by atoms with Crippen molar-refractivity contribution in [2.24, 2.45) is 11.3 Å². The number of aliphatic carboxylic acids is 1. The fourth-order valence-electron chi connectivity index (χ4n) is 2.36. The number of hydrogen-bond donors (Lipinski definition) is 1. The highest BCUT2D eigenvalue weighted by molar-refractivity contribution is 5.97. The maximum atomic E-state index is 12.6. The van der Waals surface area contributed by atoms with Gasteiger partial charge in [0, 0.05) is 6.42 Å². The molecule has 0 fully saturated rings. The average molecular weight is 291 g/mol. The molecule has 5 nitrogen and oxygen atoms in total. The van der Waals surface area contributed by atoms with Gasteiger partial charge in [-0.1, -0.05) is 26.0 Å². The molecule has 0 bridgehead atoms. The van der Waals surface area contributed by atoms with E-state index < -0.39 is 11.4 Å². The summed E-state index contributed by atoms with van der Waals surface area (Å²) in [5, 5.41) is 9.45. The molecular formula is C16H21NO4. The van der Waals surface area contributed by atoms with Crippen LogP contribution in [0, 0.1) is 11.3 Å². The Balaban J connectivity index is 2.24. The molecule has 0 spiro atoms. The van der Waals surface area contributed by atoms with Crippen LogP contribution in [-0.2, 0) is 9.59 Å². The third kappa shape index (κ3) is 2.86. The molecule has 0 aliphatic carbocycles. The summed E-state index contributed by atoms with van der Waals surface area (Å²) in [5.74, 6) is -0.578. The number of anilines is 1. The van der Waals surface area contributed by atoms with Crippen molar-refractivity contribution in [3.63, 3.8) is 0 Å². The van der Waals surface area contributed by atoms with E-state index in [9.17, 15) is 14.7 Å². The van der Waals surface area contributed by atoms with E-state index in [0.29, 0.717) is 24.6 Å². The molecule has 2 rings (SSSR count). The number of carboxylic acids is 1. The van der Waals surface area contributed by atoms with Crippen molar-refractivity contribution in [1.82, 2.24) is 0 Å². The molecule has 1 aliphatic rings. The van der Waals surface area contributed by atoms with E-state index in [4.69, 9.17) is 4.74 Å². The zero-order valence-corrected chi connectivity index (χ0v) is 12.6. The Morgan fingerprint density at radius 3 is 2.67 bits per heavy atom. The first kappa shape index (κ1) is 15.4. The van der Waals surface area contributed by atoms with Crippen LogP contribution in [0.15, 0.2) is 24.3 Å². The third-order valence-corrected chi connectivity index (χ3v) is 4.31. The molecule has 21 heavy (non-hydrogen) atoms. The fourth-order valence-corrected chi connectivity index (χ4v) is 2.36. The minimum Gasteiger partial charge on any atom is -0.490 e. The lowest BCUT2D eigenvalue weighted by Gasteiger charge is -2.34. The van der Waals surface area contributed by atoms with Crippen LogP contribution < -0.4 is 9.64 Å². The van der Waals surface area contributed by atoms with Crippen molar-refractivity contribution < 1.29 is 19.4 Å². The molecule has 1 unspecified atom stereocenters. The van der Waals surface area contributed by atoms with Gasteiger partial charge in [0.25, 0.3) is 0 Å². The number of rotatable bonds is 4. The predicted octanol–water partition coefficient (Wildman–Crippen LogP) is 2.55. The van der Waals surface area contributed by atoms with E-state index in [1.807, 2.05) is 38.1 Å². The number of amides is 1. The van der Waals surface area contributed by atoms with E-state index in [0.717, 1.165) is 0 Å². The summed E-state index contributed by atoms with van der Waals surface area (Å²) in [6, 6.07) is 7.32. The van der Waals surface area contributed by atoms with E-state index >= 15 is 0 Å². The largest absolute Gasteiger partial charge is 0.490 e. The number of carboxylic acid groups (broad SMARTS) is 1. The van der Waals surface area contributed by atoms with Crippen molar-refractivity contribution in [3.05, 3.63) is 24.3 Å². The molecule has 1 amide bonds. The summed E-state index contributed by atoms with van der Waals surface area (Å²) in [6.45, 7) is 6.16. The number of para-hydroxylation sites is 2. The first-order valence-electron chi connectivity index (χ1n) is 7.12. The van der Waals surface area contributed by atoms with Gasteiger partial charge >= 0.3 is 5.97 Å². The molecule has 1 atom stereocenters. The first-order chi connectivity index (χ1) is 9.86. The Morgan fingerprint density at radius 2 is 2.05 bits per heavy atom. The first-order valence-corrected chi connectivity index (χ1v) is 7.12. The Kier molecular flexibility index (Phi) is 4.21. The highest BCUT2D eigenvalue weighted by Crippen LogP contribution is 2.36. The number of carbonyl (C=O) groups excluding carboxylic acids is 1. The number of hydrogen-bond acceptors (Lipinski definition) is 3. The Hall–Kier alpha value is -2.04. The molecule has 1 N–H and O–H groups in total. The number of fused-ring (bicyclic) bond motifs is 1. The van der Waals surface area contributed by atoms with Crippen LogP contribution in [0.5, 0.6) is 5.75 Å². The van der Waals surface area contributed by atoms with Gasteiger partial charge in [-0.2, -0.15) is 0 Å². The van der Waals surface area contributed by atoms with Crippen LogP contribution in [0.3, 0.4) is 0 Å². The molecular weight excluding hydrogens is 270 g/mol. The molecule has 1 heterocycles. The number of ether oxygens (including phenoxy) is 1. The second-order valence-corrected chi connectivity index (χ2v) is 5.92. The highest BCUT2D eigenvalue weighted by Gasteiger charge is 2.40. The lowest BCUT2D eigenvalue weighted by Crippen LogP contribution is -2.43. The minimum absolute atomic E-state index is 0.0195. The summed E-state index contributed by atoms with van der Waals surface area (Å²) in [5.41, 5.74) is -0.352. The fraction of sp³-hybridized carbons (Fsp3) is 0.500. The lowest BCUT2D eigenvalue weighted by atomic mass is 9.76. The van der Waals surface area contributed by atoms with Crippen LogP contribution >= 0.6 is 0 Å². The van der Waals surface area contributed by atoms with Gasteiger partial charge in [0.2, 0.25) is 5.91 Å². The molecule has 1 aliphatic heterocycles. The standard InChI is InChI=1S/C16H21NO4/c1-11(2)16(3,15(19)20)10-14(18)17-8-9-21-13-7-5-4-6-12(13)17/h4-7,11H,8-10H2,1-3H3,(H,19,20). The normalized spacial score (nSPS) is 16.9. The van der Waals surface area contributed by atoms with Gasteiger partial charge in [0.1, 0.15) is 12.4 Å². The quantitative estimate of drug-likeness (QED) is 0.925. The van der Waals surface area contributed by atoms with Crippen molar-refractivity contribution in [2.45, 2.75) is 27.2 Å². The van der Waals surface area contributed by atoms with Gasteiger partial charge in [-0.15, -0.1) is 0 Å².